The second-order valence-electron chi connectivity index (χ2n) is 4.82. The Kier molecular flexibility index (Phi) is 10.5. The first-order chi connectivity index (χ1) is 9.60. The molecule has 0 spiro atoms. The molecule has 0 unspecified atom stereocenters. The SMILES string of the molecule is C\C=C/C(=C\C(=C\CC)CC)N/C(=C/C(C)=C\C)CC. The van der Waals surface area contributed by atoms with Gasteiger partial charge < -0.3 is 5.32 Å². The standard InChI is InChI=1S/C19H31N/c1-7-12-17(10-4)15-19(13-8-2)20-18(11-5)14-16(6)9-3/h8-9,12-15,20H,7,10-11H2,1-6H3/b13-8-,16-9-,17-12+,18-14+,19-15+. The van der Waals surface area contributed by atoms with Gasteiger partial charge in [-0.15, -0.1) is 0 Å². The summed E-state index contributed by atoms with van der Waals surface area (Å²) in [6.45, 7) is 12.8. The molecule has 0 bridgehead atoms. The number of hydrogen-bond donors (Lipinski definition) is 1. The van der Waals surface area contributed by atoms with Crippen molar-refractivity contribution in [3.63, 3.8) is 0 Å². The maximum atomic E-state index is 3.55. The minimum Gasteiger partial charge on any atom is -0.359 e. The maximum absolute atomic E-state index is 3.55. The highest BCUT2D eigenvalue weighted by Gasteiger charge is 1.98. The fourth-order valence-electron chi connectivity index (χ4n) is 1.84. The maximum Gasteiger partial charge on any atom is 0.0381 e. The van der Waals surface area contributed by atoms with Gasteiger partial charge in [-0.3, -0.25) is 0 Å². The van der Waals surface area contributed by atoms with E-state index in [4.69, 9.17) is 0 Å². The fourth-order valence-corrected chi connectivity index (χ4v) is 1.84. The summed E-state index contributed by atoms with van der Waals surface area (Å²) in [5.41, 5.74) is 5.07. The summed E-state index contributed by atoms with van der Waals surface area (Å²) < 4.78 is 0. The molecule has 112 valence electrons. The molecule has 0 aliphatic carbocycles. The van der Waals surface area contributed by atoms with E-state index < -0.39 is 0 Å². The first-order valence-electron chi connectivity index (χ1n) is 7.75. The van der Waals surface area contributed by atoms with Gasteiger partial charge >= 0.3 is 0 Å². The van der Waals surface area contributed by atoms with E-state index in [-0.39, 0.29) is 0 Å². The van der Waals surface area contributed by atoms with Crippen LogP contribution in [0.25, 0.3) is 0 Å². The molecule has 0 aromatic carbocycles. The van der Waals surface area contributed by atoms with Crippen LogP contribution in [0.4, 0.5) is 0 Å². The van der Waals surface area contributed by atoms with Crippen LogP contribution in [-0.2, 0) is 0 Å². The molecule has 1 N–H and O–H groups in total. The first-order valence-corrected chi connectivity index (χ1v) is 7.75. The molecule has 0 aliphatic heterocycles. The molecule has 0 aliphatic rings. The second kappa shape index (κ2) is 11.3. The molecule has 1 heteroatoms. The Morgan fingerprint density at radius 1 is 1.00 bits per heavy atom. The van der Waals surface area contributed by atoms with E-state index in [0.29, 0.717) is 0 Å². The van der Waals surface area contributed by atoms with Gasteiger partial charge in [0.25, 0.3) is 0 Å². The molecule has 0 rings (SSSR count). The zero-order chi connectivity index (χ0) is 15.4. The van der Waals surface area contributed by atoms with E-state index in [2.05, 4.69) is 83.3 Å². The minimum atomic E-state index is 0.999. The van der Waals surface area contributed by atoms with Crippen molar-refractivity contribution in [2.45, 2.75) is 60.8 Å². The van der Waals surface area contributed by atoms with E-state index in [1.54, 1.807) is 0 Å². The number of allylic oxidation sites excluding steroid dienone is 9. The van der Waals surface area contributed by atoms with Crippen LogP contribution in [0.2, 0.25) is 0 Å². The van der Waals surface area contributed by atoms with Crippen molar-refractivity contribution in [1.29, 1.82) is 0 Å². The highest BCUT2D eigenvalue weighted by atomic mass is 14.9. The summed E-state index contributed by atoms with van der Waals surface area (Å²) in [5, 5.41) is 3.55. The van der Waals surface area contributed by atoms with Crippen molar-refractivity contribution in [1.82, 2.24) is 5.32 Å². The lowest BCUT2D eigenvalue weighted by Crippen LogP contribution is -2.11. The molecule has 0 atom stereocenters. The first kappa shape index (κ1) is 18.5. The van der Waals surface area contributed by atoms with E-state index in [9.17, 15) is 0 Å². The predicted octanol–water partition coefficient (Wildman–Crippen LogP) is 6.04. The molecule has 0 amide bonds. The van der Waals surface area contributed by atoms with Gasteiger partial charge in [0.2, 0.25) is 0 Å². The van der Waals surface area contributed by atoms with Gasteiger partial charge in [-0.05, 0) is 58.3 Å². The van der Waals surface area contributed by atoms with Crippen LogP contribution in [0, 0.1) is 0 Å². The Bertz CT molecular complexity index is 417. The van der Waals surface area contributed by atoms with E-state index >= 15 is 0 Å². The largest absolute Gasteiger partial charge is 0.359 e. The summed E-state index contributed by atoms with van der Waals surface area (Å²) in [6.07, 6.45) is 16.2. The third-order valence-corrected chi connectivity index (χ3v) is 3.10. The molecular weight excluding hydrogens is 242 g/mol. The van der Waals surface area contributed by atoms with Crippen molar-refractivity contribution in [3.8, 4) is 0 Å². The third kappa shape index (κ3) is 7.83. The summed E-state index contributed by atoms with van der Waals surface area (Å²) in [5.74, 6) is 0. The Labute approximate surface area is 125 Å². The van der Waals surface area contributed by atoms with Crippen LogP contribution in [0.15, 0.2) is 59.0 Å². The smallest absolute Gasteiger partial charge is 0.0381 e. The summed E-state index contributed by atoms with van der Waals surface area (Å²) in [4.78, 5) is 0. The summed E-state index contributed by atoms with van der Waals surface area (Å²) >= 11 is 0. The molecule has 1 nitrogen and oxygen atoms in total. The van der Waals surface area contributed by atoms with Gasteiger partial charge in [0.05, 0.1) is 0 Å². The van der Waals surface area contributed by atoms with Crippen molar-refractivity contribution in [2.24, 2.45) is 0 Å². The molecule has 0 saturated heterocycles. The second-order valence-corrected chi connectivity index (χ2v) is 4.82. The van der Waals surface area contributed by atoms with Gasteiger partial charge in [0.15, 0.2) is 0 Å². The van der Waals surface area contributed by atoms with Crippen molar-refractivity contribution in [3.05, 3.63) is 59.0 Å². The molecular formula is C19H31N. The van der Waals surface area contributed by atoms with Crippen LogP contribution in [-0.4, -0.2) is 0 Å². The minimum absolute atomic E-state index is 0.999. The van der Waals surface area contributed by atoms with Crippen molar-refractivity contribution in [2.75, 3.05) is 0 Å². The van der Waals surface area contributed by atoms with E-state index in [1.807, 2.05) is 0 Å². The average molecular weight is 273 g/mol. The monoisotopic (exact) mass is 273 g/mol. The summed E-state index contributed by atoms with van der Waals surface area (Å²) in [7, 11) is 0. The van der Waals surface area contributed by atoms with Crippen LogP contribution < -0.4 is 5.32 Å². The van der Waals surface area contributed by atoms with E-state index in [0.717, 1.165) is 25.0 Å². The average Bonchev–Trinajstić information content (AvgIpc) is 2.45. The highest BCUT2D eigenvalue weighted by Crippen LogP contribution is 2.11. The van der Waals surface area contributed by atoms with Gasteiger partial charge in [-0.25, -0.2) is 0 Å². The quantitative estimate of drug-likeness (QED) is 0.531. The predicted molar refractivity (Wildman–Crippen MR) is 92.5 cm³/mol. The Morgan fingerprint density at radius 3 is 2.15 bits per heavy atom. The topological polar surface area (TPSA) is 12.0 Å². The molecule has 20 heavy (non-hydrogen) atoms. The van der Waals surface area contributed by atoms with Crippen LogP contribution in [0.5, 0.6) is 0 Å². The Hall–Kier alpha value is -1.50. The number of hydrogen-bond acceptors (Lipinski definition) is 1. The number of rotatable bonds is 8. The molecule has 0 radical (unpaired) electrons. The fraction of sp³-hybridized carbons (Fsp3) is 0.474. The van der Waals surface area contributed by atoms with Gasteiger partial charge in [0.1, 0.15) is 0 Å². The van der Waals surface area contributed by atoms with E-state index in [1.165, 1.54) is 16.8 Å². The van der Waals surface area contributed by atoms with Crippen LogP contribution >= 0.6 is 0 Å². The Balaban J connectivity index is 5.25. The van der Waals surface area contributed by atoms with Crippen LogP contribution in [0.3, 0.4) is 0 Å². The van der Waals surface area contributed by atoms with Gasteiger partial charge in [-0.2, -0.15) is 0 Å². The zero-order valence-electron chi connectivity index (χ0n) is 14.1. The van der Waals surface area contributed by atoms with Crippen molar-refractivity contribution < 1.29 is 0 Å². The molecule has 0 aromatic heterocycles. The van der Waals surface area contributed by atoms with Crippen molar-refractivity contribution >= 4 is 0 Å². The lowest BCUT2D eigenvalue weighted by molar-refractivity contribution is 0.904. The highest BCUT2D eigenvalue weighted by molar-refractivity contribution is 5.32. The lowest BCUT2D eigenvalue weighted by Gasteiger charge is -2.12. The van der Waals surface area contributed by atoms with Gasteiger partial charge in [0, 0.05) is 11.4 Å². The molecule has 0 aromatic rings. The lowest BCUT2D eigenvalue weighted by atomic mass is 10.1. The summed E-state index contributed by atoms with van der Waals surface area (Å²) in [6, 6.07) is 0. The normalized spacial score (nSPS) is 15.1. The molecule has 0 fully saturated rings. The Morgan fingerprint density at radius 2 is 1.70 bits per heavy atom. The zero-order valence-corrected chi connectivity index (χ0v) is 14.1. The number of nitrogens with one attached hydrogen (secondary N) is 1. The third-order valence-electron chi connectivity index (χ3n) is 3.10. The molecule has 0 saturated carbocycles. The van der Waals surface area contributed by atoms with Gasteiger partial charge in [-0.1, -0.05) is 50.1 Å². The van der Waals surface area contributed by atoms with Crippen LogP contribution in [0.1, 0.15) is 60.8 Å². The molecule has 0 heterocycles.